The molecule has 1 amide bonds. The highest BCUT2D eigenvalue weighted by atomic mass is 35.5. The van der Waals surface area contributed by atoms with Gasteiger partial charge in [-0.3, -0.25) is 4.79 Å². The van der Waals surface area contributed by atoms with Crippen LogP contribution in [0, 0.1) is 13.8 Å². The second-order valence-electron chi connectivity index (χ2n) is 5.80. The van der Waals surface area contributed by atoms with Crippen molar-refractivity contribution in [1.29, 1.82) is 0 Å². The number of hydrogen-bond donors (Lipinski definition) is 0. The van der Waals surface area contributed by atoms with E-state index in [1.807, 2.05) is 19.9 Å². The topological polar surface area (TPSA) is 55.3 Å². The average Bonchev–Trinajstić information content (AvgIpc) is 2.84. The molecule has 5 nitrogen and oxygen atoms in total. The van der Waals surface area contributed by atoms with Crippen molar-refractivity contribution in [3.8, 4) is 6.01 Å². The number of carbonyl (C=O) groups is 1. The van der Waals surface area contributed by atoms with Gasteiger partial charge in [0.15, 0.2) is 0 Å². The van der Waals surface area contributed by atoms with E-state index in [1.165, 1.54) is 11.3 Å². The fraction of sp³-hybridized carbons (Fsp3) is 0.438. The standard InChI is InChI=1S/C16H17Cl2N3O2S/c1-9-6-10(2)20-16(19-9)23-11-4-3-5-21(8-11)15(22)12-7-13(17)24-14(12)18/h6-7,11H,3-5,8H2,1-2H3. The van der Waals surface area contributed by atoms with Crippen LogP contribution >= 0.6 is 34.5 Å². The molecule has 0 aliphatic carbocycles. The van der Waals surface area contributed by atoms with Gasteiger partial charge < -0.3 is 9.64 Å². The maximum absolute atomic E-state index is 12.6. The highest BCUT2D eigenvalue weighted by Gasteiger charge is 2.28. The first-order chi connectivity index (χ1) is 11.4. The van der Waals surface area contributed by atoms with Crippen LogP contribution in [0.15, 0.2) is 12.1 Å². The molecule has 2 aromatic heterocycles. The number of halogens is 2. The van der Waals surface area contributed by atoms with Gasteiger partial charge in [0.2, 0.25) is 0 Å². The van der Waals surface area contributed by atoms with Gasteiger partial charge in [0.1, 0.15) is 10.4 Å². The van der Waals surface area contributed by atoms with Crippen molar-refractivity contribution in [2.45, 2.75) is 32.8 Å². The Balaban J connectivity index is 1.70. The van der Waals surface area contributed by atoms with Gasteiger partial charge in [-0.15, -0.1) is 11.3 Å². The van der Waals surface area contributed by atoms with Crippen molar-refractivity contribution in [1.82, 2.24) is 14.9 Å². The number of nitrogens with zero attached hydrogens (tertiary/aromatic N) is 3. The fourth-order valence-corrected chi connectivity index (χ4v) is 4.22. The van der Waals surface area contributed by atoms with Gasteiger partial charge in [-0.1, -0.05) is 23.2 Å². The Morgan fingerprint density at radius 1 is 1.29 bits per heavy atom. The Labute approximate surface area is 154 Å². The third kappa shape index (κ3) is 3.99. The Hall–Kier alpha value is -1.37. The lowest BCUT2D eigenvalue weighted by Crippen LogP contribution is -2.44. The predicted molar refractivity (Wildman–Crippen MR) is 95.4 cm³/mol. The second kappa shape index (κ2) is 7.25. The van der Waals surface area contributed by atoms with Gasteiger partial charge in [0, 0.05) is 17.9 Å². The Morgan fingerprint density at radius 2 is 2.00 bits per heavy atom. The van der Waals surface area contributed by atoms with Crippen molar-refractivity contribution in [3.63, 3.8) is 0 Å². The molecule has 3 heterocycles. The number of amides is 1. The molecule has 24 heavy (non-hydrogen) atoms. The molecule has 0 spiro atoms. The van der Waals surface area contributed by atoms with Gasteiger partial charge in [-0.25, -0.2) is 9.97 Å². The number of piperidine rings is 1. The zero-order valence-electron chi connectivity index (χ0n) is 13.4. The van der Waals surface area contributed by atoms with Crippen LogP contribution in [0.4, 0.5) is 0 Å². The summed E-state index contributed by atoms with van der Waals surface area (Å²) in [5.41, 5.74) is 2.18. The summed E-state index contributed by atoms with van der Waals surface area (Å²) < 4.78 is 6.83. The molecule has 0 radical (unpaired) electrons. The van der Waals surface area contributed by atoms with Crippen LogP contribution < -0.4 is 4.74 Å². The van der Waals surface area contributed by atoms with Gasteiger partial charge in [0.25, 0.3) is 5.91 Å². The number of aromatic nitrogens is 2. The summed E-state index contributed by atoms with van der Waals surface area (Å²) in [4.78, 5) is 23.0. The third-order valence-electron chi connectivity index (χ3n) is 3.79. The molecule has 1 saturated heterocycles. The summed E-state index contributed by atoms with van der Waals surface area (Å²) in [6.45, 7) is 4.97. The molecule has 128 valence electrons. The highest BCUT2D eigenvalue weighted by molar-refractivity contribution is 7.20. The second-order valence-corrected chi connectivity index (χ2v) is 8.09. The summed E-state index contributed by atoms with van der Waals surface area (Å²) in [6, 6.07) is 3.88. The quantitative estimate of drug-likeness (QED) is 0.796. The normalized spacial score (nSPS) is 17.8. The van der Waals surface area contributed by atoms with E-state index in [-0.39, 0.29) is 12.0 Å². The smallest absolute Gasteiger partial charge is 0.317 e. The summed E-state index contributed by atoms with van der Waals surface area (Å²) in [5.74, 6) is -0.113. The van der Waals surface area contributed by atoms with Gasteiger partial charge in [-0.05, 0) is 38.8 Å². The Bertz CT molecular complexity index is 746. The number of ether oxygens (including phenoxy) is 1. The zero-order valence-corrected chi connectivity index (χ0v) is 15.7. The molecule has 0 bridgehead atoms. The molecular weight excluding hydrogens is 369 g/mol. The lowest BCUT2D eigenvalue weighted by Gasteiger charge is -2.32. The molecule has 2 aromatic rings. The van der Waals surface area contributed by atoms with E-state index in [1.54, 1.807) is 11.0 Å². The summed E-state index contributed by atoms with van der Waals surface area (Å²) >= 11 is 13.2. The third-order valence-corrected chi connectivity index (χ3v) is 5.27. The van der Waals surface area contributed by atoms with E-state index in [9.17, 15) is 4.79 Å². The highest BCUT2D eigenvalue weighted by Crippen LogP contribution is 2.32. The summed E-state index contributed by atoms with van der Waals surface area (Å²) in [5, 5.41) is 0. The number of carbonyl (C=O) groups excluding carboxylic acids is 1. The van der Waals surface area contributed by atoms with E-state index < -0.39 is 0 Å². The first-order valence-corrected chi connectivity index (χ1v) is 9.22. The number of rotatable bonds is 3. The Kier molecular flexibility index (Phi) is 5.27. The molecule has 1 aliphatic rings. The van der Waals surface area contributed by atoms with Gasteiger partial charge in [-0.2, -0.15) is 0 Å². The fourth-order valence-electron chi connectivity index (χ4n) is 2.77. The van der Waals surface area contributed by atoms with Crippen molar-refractivity contribution in [2.24, 2.45) is 0 Å². The van der Waals surface area contributed by atoms with Crippen LogP contribution in [0.2, 0.25) is 8.67 Å². The molecule has 1 unspecified atom stereocenters. The largest absolute Gasteiger partial charge is 0.458 e. The first kappa shape index (κ1) is 17.5. The summed E-state index contributed by atoms with van der Waals surface area (Å²) in [7, 11) is 0. The lowest BCUT2D eigenvalue weighted by molar-refractivity contribution is 0.0515. The van der Waals surface area contributed by atoms with E-state index in [0.717, 1.165) is 24.2 Å². The predicted octanol–water partition coefficient (Wildman–Crippen LogP) is 4.15. The minimum absolute atomic E-state index is 0.113. The zero-order chi connectivity index (χ0) is 17.3. The number of hydrogen-bond acceptors (Lipinski definition) is 5. The Morgan fingerprint density at radius 3 is 2.62 bits per heavy atom. The van der Waals surface area contributed by atoms with E-state index >= 15 is 0 Å². The maximum Gasteiger partial charge on any atom is 0.317 e. The van der Waals surface area contributed by atoms with Crippen LogP contribution in [0.5, 0.6) is 6.01 Å². The monoisotopic (exact) mass is 385 g/mol. The van der Waals surface area contributed by atoms with E-state index in [4.69, 9.17) is 27.9 Å². The van der Waals surface area contributed by atoms with Crippen LogP contribution in [0.3, 0.4) is 0 Å². The number of aryl methyl sites for hydroxylation is 2. The molecular formula is C16H17Cl2N3O2S. The molecule has 1 aliphatic heterocycles. The minimum atomic E-state index is -0.128. The van der Waals surface area contributed by atoms with Crippen molar-refractivity contribution in [2.75, 3.05) is 13.1 Å². The van der Waals surface area contributed by atoms with Gasteiger partial charge >= 0.3 is 6.01 Å². The van der Waals surface area contributed by atoms with Crippen LogP contribution in [-0.2, 0) is 0 Å². The molecule has 3 rings (SSSR count). The van der Waals surface area contributed by atoms with Crippen LogP contribution in [-0.4, -0.2) is 40.0 Å². The van der Waals surface area contributed by atoms with Gasteiger partial charge in [0.05, 0.1) is 16.4 Å². The van der Waals surface area contributed by atoms with Crippen molar-refractivity contribution in [3.05, 3.63) is 37.8 Å². The van der Waals surface area contributed by atoms with Crippen molar-refractivity contribution < 1.29 is 9.53 Å². The van der Waals surface area contributed by atoms with Crippen LogP contribution in [0.1, 0.15) is 34.6 Å². The maximum atomic E-state index is 12.6. The lowest BCUT2D eigenvalue weighted by atomic mass is 10.1. The molecule has 1 atom stereocenters. The first-order valence-electron chi connectivity index (χ1n) is 7.65. The summed E-state index contributed by atoms with van der Waals surface area (Å²) in [6.07, 6.45) is 1.59. The SMILES string of the molecule is Cc1cc(C)nc(OC2CCCN(C(=O)c3cc(Cl)sc3Cl)C2)n1. The molecule has 0 N–H and O–H groups in total. The van der Waals surface area contributed by atoms with E-state index in [2.05, 4.69) is 9.97 Å². The molecule has 1 fully saturated rings. The van der Waals surface area contributed by atoms with Crippen molar-refractivity contribution >= 4 is 40.4 Å². The average molecular weight is 386 g/mol. The minimum Gasteiger partial charge on any atom is -0.458 e. The van der Waals surface area contributed by atoms with Crippen LogP contribution in [0.25, 0.3) is 0 Å². The molecule has 0 saturated carbocycles. The molecule has 0 aromatic carbocycles. The number of likely N-dealkylation sites (tertiary alicyclic amines) is 1. The number of thiophene rings is 1. The van der Waals surface area contributed by atoms with E-state index in [0.29, 0.717) is 33.3 Å². The molecule has 8 heteroatoms.